The second-order valence-corrected chi connectivity index (χ2v) is 7.87. The molecule has 126 valence electrons. The van der Waals surface area contributed by atoms with Crippen molar-refractivity contribution in [3.05, 3.63) is 52.2 Å². The number of rotatable bonds is 4. The third-order valence-electron chi connectivity index (χ3n) is 3.73. The van der Waals surface area contributed by atoms with Gasteiger partial charge in [-0.3, -0.25) is 0 Å². The largest absolute Gasteiger partial charge is 0.477 e. The van der Waals surface area contributed by atoms with Gasteiger partial charge in [-0.1, -0.05) is 18.2 Å². The van der Waals surface area contributed by atoms with Crippen molar-refractivity contribution in [3.8, 4) is 27.0 Å². The normalized spacial score (nSPS) is 11.6. The van der Waals surface area contributed by atoms with Crippen molar-refractivity contribution < 1.29 is 9.90 Å². The van der Waals surface area contributed by atoms with Crippen LogP contribution in [0.5, 0.6) is 0 Å². The number of carbonyl (C=O) groups is 1. The number of carboxylic acids is 1. The zero-order valence-electron chi connectivity index (χ0n) is 13.0. The Balaban J connectivity index is 1.80. The van der Waals surface area contributed by atoms with Gasteiger partial charge in [0.15, 0.2) is 0 Å². The van der Waals surface area contributed by atoms with E-state index in [1.54, 1.807) is 23.5 Å². The molecular formula is C18H9N3O2S3. The highest BCUT2D eigenvalue weighted by atomic mass is 32.1. The van der Waals surface area contributed by atoms with Crippen LogP contribution < -0.4 is 0 Å². The summed E-state index contributed by atoms with van der Waals surface area (Å²) in [6, 6.07) is 13.5. The molecule has 0 spiro atoms. The first-order chi connectivity index (χ1) is 12.7. The molecular weight excluding hydrogens is 386 g/mol. The Bertz CT molecular complexity index is 1180. The van der Waals surface area contributed by atoms with Gasteiger partial charge in [0, 0.05) is 25.8 Å². The minimum Gasteiger partial charge on any atom is -0.477 e. The van der Waals surface area contributed by atoms with E-state index in [1.807, 2.05) is 29.6 Å². The summed E-state index contributed by atoms with van der Waals surface area (Å²) < 4.78 is 8.92. The minimum atomic E-state index is -1.23. The number of thiophene rings is 2. The van der Waals surface area contributed by atoms with Gasteiger partial charge in [0.25, 0.3) is 0 Å². The summed E-state index contributed by atoms with van der Waals surface area (Å²) in [5.41, 5.74) is 3.42. The summed E-state index contributed by atoms with van der Waals surface area (Å²) >= 11 is 4.25. The van der Waals surface area contributed by atoms with Crippen LogP contribution in [0.1, 0.15) is 4.88 Å². The highest BCUT2D eigenvalue weighted by Crippen LogP contribution is 2.38. The van der Waals surface area contributed by atoms with E-state index in [9.17, 15) is 4.79 Å². The summed E-state index contributed by atoms with van der Waals surface area (Å²) in [6.45, 7) is 0. The van der Waals surface area contributed by atoms with Gasteiger partial charge in [-0.25, -0.2) is 4.79 Å². The van der Waals surface area contributed by atoms with Crippen LogP contribution in [0.25, 0.3) is 38.0 Å². The van der Waals surface area contributed by atoms with Crippen LogP contribution in [0.15, 0.2) is 47.4 Å². The van der Waals surface area contributed by atoms with E-state index in [0.717, 1.165) is 31.9 Å². The molecule has 0 aliphatic carbocycles. The molecule has 3 heterocycles. The van der Waals surface area contributed by atoms with Gasteiger partial charge in [0.1, 0.15) is 22.7 Å². The summed E-state index contributed by atoms with van der Waals surface area (Å²) in [5.74, 6) is -1.23. The van der Waals surface area contributed by atoms with Gasteiger partial charge in [-0.15, -0.1) is 22.7 Å². The molecule has 0 atom stereocenters. The van der Waals surface area contributed by atoms with Crippen molar-refractivity contribution in [2.24, 2.45) is 0 Å². The van der Waals surface area contributed by atoms with E-state index < -0.39 is 5.97 Å². The molecule has 26 heavy (non-hydrogen) atoms. The summed E-state index contributed by atoms with van der Waals surface area (Å²) in [4.78, 5) is 13.8. The Morgan fingerprint density at radius 2 is 1.81 bits per heavy atom. The van der Waals surface area contributed by atoms with Crippen LogP contribution in [-0.2, 0) is 4.79 Å². The third kappa shape index (κ3) is 2.93. The maximum Gasteiger partial charge on any atom is 0.346 e. The lowest BCUT2D eigenvalue weighted by molar-refractivity contribution is -0.132. The monoisotopic (exact) mass is 395 g/mol. The van der Waals surface area contributed by atoms with Crippen LogP contribution in [0, 0.1) is 11.3 Å². The number of hydrogen-bond acceptors (Lipinski definition) is 7. The first kappa shape index (κ1) is 16.6. The van der Waals surface area contributed by atoms with E-state index >= 15 is 0 Å². The summed E-state index contributed by atoms with van der Waals surface area (Å²) in [6.07, 6.45) is 1.38. The molecule has 8 heteroatoms. The average molecular weight is 395 g/mol. The van der Waals surface area contributed by atoms with E-state index in [0.29, 0.717) is 4.88 Å². The number of hydrogen-bond donors (Lipinski definition) is 1. The maximum atomic E-state index is 11.0. The van der Waals surface area contributed by atoms with Gasteiger partial charge in [-0.05, 0) is 29.7 Å². The lowest BCUT2D eigenvalue weighted by Crippen LogP contribution is -1.96. The quantitative estimate of drug-likeness (QED) is 0.382. The Labute approximate surface area is 160 Å². The van der Waals surface area contributed by atoms with Crippen molar-refractivity contribution in [2.75, 3.05) is 0 Å². The molecule has 5 nitrogen and oxygen atoms in total. The molecule has 0 radical (unpaired) electrons. The smallest absolute Gasteiger partial charge is 0.346 e. The molecule has 0 saturated heterocycles. The minimum absolute atomic E-state index is 0.285. The first-order valence-corrected chi connectivity index (χ1v) is 9.84. The molecule has 4 aromatic rings. The lowest BCUT2D eigenvalue weighted by Gasteiger charge is -2.03. The van der Waals surface area contributed by atoms with Gasteiger partial charge in [0.05, 0.1) is 11.7 Å². The molecule has 0 saturated carbocycles. The van der Waals surface area contributed by atoms with Crippen molar-refractivity contribution in [3.63, 3.8) is 0 Å². The topological polar surface area (TPSA) is 86.9 Å². The van der Waals surface area contributed by atoms with Crippen LogP contribution >= 0.6 is 34.4 Å². The summed E-state index contributed by atoms with van der Waals surface area (Å²) in [7, 11) is 0. The van der Waals surface area contributed by atoms with Crippen LogP contribution in [0.2, 0.25) is 0 Å². The van der Waals surface area contributed by atoms with Crippen molar-refractivity contribution in [1.29, 1.82) is 5.26 Å². The highest BCUT2D eigenvalue weighted by molar-refractivity contribution is 7.16. The second-order valence-electron chi connectivity index (χ2n) is 5.28. The molecule has 0 amide bonds. The van der Waals surface area contributed by atoms with Gasteiger partial charge < -0.3 is 5.11 Å². The van der Waals surface area contributed by atoms with E-state index in [2.05, 4.69) is 14.8 Å². The SMILES string of the molecule is N#C/C(=C/c1ccc(-c2ccc(-c3cccs3)c3nsnc23)s1)C(=O)O. The number of benzene rings is 1. The van der Waals surface area contributed by atoms with Crippen LogP contribution in [-0.4, -0.2) is 19.8 Å². The molecule has 0 bridgehead atoms. The number of fused-ring (bicyclic) bond motifs is 1. The Kier molecular flexibility index (Phi) is 4.34. The molecule has 4 rings (SSSR count). The molecule has 0 unspecified atom stereocenters. The fourth-order valence-electron chi connectivity index (χ4n) is 2.56. The fraction of sp³-hybridized carbons (Fsp3) is 0. The predicted molar refractivity (Wildman–Crippen MR) is 105 cm³/mol. The average Bonchev–Trinajstić information content (AvgIpc) is 3.39. The zero-order valence-corrected chi connectivity index (χ0v) is 15.5. The molecule has 0 aliphatic rings. The number of aliphatic carboxylic acids is 1. The predicted octanol–water partition coefficient (Wildman–Crippen LogP) is 5.14. The van der Waals surface area contributed by atoms with E-state index in [4.69, 9.17) is 10.4 Å². The fourth-order valence-corrected chi connectivity index (χ4v) is 4.86. The molecule has 0 fully saturated rings. The molecule has 1 aromatic carbocycles. The standard InChI is InChI=1S/C18H9N3O2S3/c19-9-10(18(22)23)8-11-3-6-15(25-11)13-5-4-12(14-2-1-7-24-14)16-17(13)21-26-20-16/h1-8H,(H,22,23)/b10-8-. The van der Waals surface area contributed by atoms with Gasteiger partial charge >= 0.3 is 5.97 Å². The summed E-state index contributed by atoms with van der Waals surface area (Å²) in [5, 5.41) is 19.9. The van der Waals surface area contributed by atoms with Crippen molar-refractivity contribution in [2.45, 2.75) is 0 Å². The Morgan fingerprint density at radius 1 is 1.08 bits per heavy atom. The maximum absolute atomic E-state index is 11.0. The van der Waals surface area contributed by atoms with E-state index in [-0.39, 0.29) is 5.57 Å². The third-order valence-corrected chi connectivity index (χ3v) is 6.23. The molecule has 1 N–H and O–H groups in total. The van der Waals surface area contributed by atoms with Crippen molar-refractivity contribution >= 4 is 57.5 Å². The lowest BCUT2D eigenvalue weighted by atomic mass is 10.1. The van der Waals surface area contributed by atoms with Crippen LogP contribution in [0.4, 0.5) is 0 Å². The van der Waals surface area contributed by atoms with Crippen molar-refractivity contribution in [1.82, 2.24) is 8.75 Å². The number of aromatic nitrogens is 2. The molecule has 0 aliphatic heterocycles. The number of carboxylic acid groups (broad SMARTS) is 1. The number of nitrogens with zero attached hydrogens (tertiary/aromatic N) is 3. The molecule has 3 aromatic heterocycles. The van der Waals surface area contributed by atoms with Gasteiger partial charge in [-0.2, -0.15) is 14.0 Å². The zero-order chi connectivity index (χ0) is 18.1. The Morgan fingerprint density at radius 3 is 2.42 bits per heavy atom. The number of nitriles is 1. The second kappa shape index (κ2) is 6.80. The van der Waals surface area contributed by atoms with Gasteiger partial charge in [0.2, 0.25) is 0 Å². The van der Waals surface area contributed by atoms with E-state index in [1.165, 1.54) is 29.1 Å². The highest BCUT2D eigenvalue weighted by Gasteiger charge is 2.15. The Hall–Kier alpha value is -2.86. The van der Waals surface area contributed by atoms with Crippen LogP contribution in [0.3, 0.4) is 0 Å². The first-order valence-electron chi connectivity index (χ1n) is 7.42.